The van der Waals surface area contributed by atoms with Gasteiger partial charge in [-0.25, -0.2) is 0 Å². The van der Waals surface area contributed by atoms with E-state index in [0.29, 0.717) is 10.9 Å². The zero-order chi connectivity index (χ0) is 13.1. The zero-order valence-electron chi connectivity index (χ0n) is 10.5. The summed E-state index contributed by atoms with van der Waals surface area (Å²) >= 11 is 4.89. The molecule has 18 heavy (non-hydrogen) atoms. The van der Waals surface area contributed by atoms with E-state index in [0.717, 1.165) is 30.5 Å². The Kier molecular flexibility index (Phi) is 3.97. The van der Waals surface area contributed by atoms with Gasteiger partial charge in [-0.3, -0.25) is 4.79 Å². The van der Waals surface area contributed by atoms with Gasteiger partial charge in [0.1, 0.15) is 4.99 Å². The van der Waals surface area contributed by atoms with Crippen molar-refractivity contribution in [1.82, 2.24) is 0 Å². The minimum Gasteiger partial charge on any atom is -0.389 e. The molecule has 1 saturated carbocycles. The Bertz CT molecular complexity index is 455. The molecule has 1 aromatic rings. The number of thiocarbonyl (C=S) groups is 1. The summed E-state index contributed by atoms with van der Waals surface area (Å²) in [5.74, 6) is 0.768. The van der Waals surface area contributed by atoms with Crippen molar-refractivity contribution < 1.29 is 4.79 Å². The molecule has 96 valence electrons. The van der Waals surface area contributed by atoms with Crippen LogP contribution in [0.15, 0.2) is 24.3 Å². The SMILES string of the molecule is CC1CCCC1C(=O)Nc1ccc(C(N)=S)cc1. The first-order valence-corrected chi connectivity index (χ1v) is 6.69. The molecule has 0 spiro atoms. The highest BCUT2D eigenvalue weighted by atomic mass is 32.1. The Morgan fingerprint density at radius 3 is 2.50 bits per heavy atom. The number of carbonyl (C=O) groups is 1. The van der Waals surface area contributed by atoms with Gasteiger partial charge in [-0.1, -0.05) is 25.6 Å². The van der Waals surface area contributed by atoms with E-state index in [4.69, 9.17) is 18.0 Å². The molecule has 3 nitrogen and oxygen atoms in total. The largest absolute Gasteiger partial charge is 0.389 e. The average molecular weight is 262 g/mol. The van der Waals surface area contributed by atoms with E-state index in [1.54, 1.807) is 0 Å². The maximum Gasteiger partial charge on any atom is 0.227 e. The second-order valence-corrected chi connectivity index (χ2v) is 5.39. The fourth-order valence-corrected chi connectivity index (χ4v) is 2.62. The third kappa shape index (κ3) is 2.88. The van der Waals surface area contributed by atoms with Gasteiger partial charge < -0.3 is 11.1 Å². The standard InChI is InChI=1S/C14H18N2OS/c1-9-3-2-4-12(9)14(17)16-11-7-5-10(6-8-11)13(15)18/h5-9,12H,2-4H2,1H3,(H2,15,18)(H,16,17). The molecule has 0 bridgehead atoms. The summed E-state index contributed by atoms with van der Waals surface area (Å²) in [5.41, 5.74) is 7.15. The van der Waals surface area contributed by atoms with Crippen LogP contribution in [0.25, 0.3) is 0 Å². The Morgan fingerprint density at radius 2 is 2.00 bits per heavy atom. The highest BCUT2D eigenvalue weighted by Gasteiger charge is 2.29. The van der Waals surface area contributed by atoms with Crippen LogP contribution >= 0.6 is 12.2 Å². The van der Waals surface area contributed by atoms with E-state index in [1.165, 1.54) is 0 Å². The fraction of sp³-hybridized carbons (Fsp3) is 0.429. The number of hydrogen-bond acceptors (Lipinski definition) is 2. The minimum atomic E-state index is 0.128. The number of nitrogens with two attached hydrogens (primary N) is 1. The van der Waals surface area contributed by atoms with Crippen molar-refractivity contribution in [3.05, 3.63) is 29.8 Å². The highest BCUT2D eigenvalue weighted by Crippen LogP contribution is 2.32. The lowest BCUT2D eigenvalue weighted by Gasteiger charge is -2.15. The minimum absolute atomic E-state index is 0.128. The van der Waals surface area contributed by atoms with Gasteiger partial charge in [0.25, 0.3) is 0 Å². The lowest BCUT2D eigenvalue weighted by molar-refractivity contribution is -0.120. The van der Waals surface area contributed by atoms with Gasteiger partial charge in [0.2, 0.25) is 5.91 Å². The van der Waals surface area contributed by atoms with Crippen LogP contribution < -0.4 is 11.1 Å². The van der Waals surface area contributed by atoms with Crippen LogP contribution in [0.1, 0.15) is 31.7 Å². The Morgan fingerprint density at radius 1 is 1.33 bits per heavy atom. The molecule has 4 heteroatoms. The molecule has 1 amide bonds. The average Bonchev–Trinajstić information content (AvgIpc) is 2.76. The Labute approximate surface area is 113 Å². The monoisotopic (exact) mass is 262 g/mol. The molecule has 2 rings (SSSR count). The molecular weight excluding hydrogens is 244 g/mol. The number of rotatable bonds is 3. The van der Waals surface area contributed by atoms with Crippen molar-refractivity contribution in [3.63, 3.8) is 0 Å². The zero-order valence-corrected chi connectivity index (χ0v) is 11.3. The molecule has 1 aromatic carbocycles. The molecule has 2 atom stereocenters. The highest BCUT2D eigenvalue weighted by molar-refractivity contribution is 7.80. The predicted octanol–water partition coefficient (Wildman–Crippen LogP) is 2.70. The predicted molar refractivity (Wildman–Crippen MR) is 77.5 cm³/mol. The van der Waals surface area contributed by atoms with Crippen LogP contribution in [0.4, 0.5) is 5.69 Å². The van der Waals surface area contributed by atoms with Crippen molar-refractivity contribution in [2.75, 3.05) is 5.32 Å². The second kappa shape index (κ2) is 5.48. The molecule has 1 aliphatic carbocycles. The molecule has 0 saturated heterocycles. The third-order valence-electron chi connectivity index (χ3n) is 3.64. The molecule has 0 radical (unpaired) electrons. The lowest BCUT2D eigenvalue weighted by Crippen LogP contribution is -2.24. The van der Waals surface area contributed by atoms with Crippen molar-refractivity contribution >= 4 is 28.8 Å². The van der Waals surface area contributed by atoms with Gasteiger partial charge in [-0.2, -0.15) is 0 Å². The first-order chi connectivity index (χ1) is 8.58. The summed E-state index contributed by atoms with van der Waals surface area (Å²) in [5, 5.41) is 2.96. The van der Waals surface area contributed by atoms with E-state index in [9.17, 15) is 4.79 Å². The first kappa shape index (κ1) is 13.0. The van der Waals surface area contributed by atoms with Crippen molar-refractivity contribution in [3.8, 4) is 0 Å². The van der Waals surface area contributed by atoms with Gasteiger partial charge in [0.15, 0.2) is 0 Å². The van der Waals surface area contributed by atoms with Crippen LogP contribution in [0.2, 0.25) is 0 Å². The molecule has 0 heterocycles. The van der Waals surface area contributed by atoms with Crippen LogP contribution in [-0.2, 0) is 4.79 Å². The summed E-state index contributed by atoms with van der Waals surface area (Å²) in [6.07, 6.45) is 3.30. The number of nitrogens with one attached hydrogen (secondary N) is 1. The summed E-state index contributed by atoms with van der Waals surface area (Å²) in [4.78, 5) is 12.5. The van der Waals surface area contributed by atoms with E-state index in [-0.39, 0.29) is 11.8 Å². The van der Waals surface area contributed by atoms with Gasteiger partial charge in [0.05, 0.1) is 0 Å². The van der Waals surface area contributed by atoms with Gasteiger partial charge >= 0.3 is 0 Å². The van der Waals surface area contributed by atoms with Crippen LogP contribution in [0.3, 0.4) is 0 Å². The summed E-state index contributed by atoms with van der Waals surface area (Å²) in [6.45, 7) is 2.15. The number of hydrogen-bond donors (Lipinski definition) is 2. The third-order valence-corrected chi connectivity index (χ3v) is 3.87. The van der Waals surface area contributed by atoms with Crippen molar-refractivity contribution in [2.45, 2.75) is 26.2 Å². The van der Waals surface area contributed by atoms with Crippen molar-refractivity contribution in [1.29, 1.82) is 0 Å². The van der Waals surface area contributed by atoms with Crippen LogP contribution in [-0.4, -0.2) is 10.9 Å². The summed E-state index contributed by atoms with van der Waals surface area (Å²) < 4.78 is 0. The molecule has 2 unspecified atom stereocenters. The Balaban J connectivity index is 2.00. The maximum absolute atomic E-state index is 12.1. The van der Waals surface area contributed by atoms with Gasteiger partial charge in [-0.15, -0.1) is 0 Å². The smallest absolute Gasteiger partial charge is 0.227 e. The maximum atomic E-state index is 12.1. The van der Waals surface area contributed by atoms with Crippen molar-refractivity contribution in [2.24, 2.45) is 17.6 Å². The summed E-state index contributed by atoms with van der Waals surface area (Å²) in [6, 6.07) is 7.34. The van der Waals surface area contributed by atoms with Crippen LogP contribution in [0.5, 0.6) is 0 Å². The number of anilines is 1. The van der Waals surface area contributed by atoms with Crippen LogP contribution in [0, 0.1) is 11.8 Å². The number of benzene rings is 1. The molecule has 3 N–H and O–H groups in total. The van der Waals surface area contributed by atoms with Gasteiger partial charge in [0, 0.05) is 17.2 Å². The van der Waals surface area contributed by atoms with E-state index < -0.39 is 0 Å². The normalized spacial score (nSPS) is 22.7. The van der Waals surface area contributed by atoms with Gasteiger partial charge in [-0.05, 0) is 43.0 Å². The molecule has 0 aliphatic heterocycles. The first-order valence-electron chi connectivity index (χ1n) is 6.28. The summed E-state index contributed by atoms with van der Waals surface area (Å²) in [7, 11) is 0. The molecular formula is C14H18N2OS. The number of amides is 1. The fourth-order valence-electron chi connectivity index (χ4n) is 2.49. The molecule has 1 aliphatic rings. The van der Waals surface area contributed by atoms with E-state index in [2.05, 4.69) is 12.2 Å². The molecule has 1 fully saturated rings. The topological polar surface area (TPSA) is 55.1 Å². The Hall–Kier alpha value is -1.42. The quantitative estimate of drug-likeness (QED) is 0.823. The number of carbonyl (C=O) groups excluding carboxylic acids is 1. The van der Waals surface area contributed by atoms with E-state index in [1.807, 2.05) is 24.3 Å². The van der Waals surface area contributed by atoms with E-state index >= 15 is 0 Å². The lowest BCUT2D eigenvalue weighted by atomic mass is 9.97. The second-order valence-electron chi connectivity index (χ2n) is 4.95. The molecule has 0 aromatic heterocycles.